The molecule has 0 bridgehead atoms. The maximum Gasteiger partial charge on any atom is 0.241 e. The molecule has 2 aliphatic rings. The largest absolute Gasteiger partial charge is 0.324 e. The SMILES string of the molecule is O=C(Nc1cc(Cl)ccc1Br)C1CC2CCCCC2N1. The Balaban J connectivity index is 1.66. The van der Waals surface area contributed by atoms with Gasteiger partial charge in [-0.05, 0) is 59.3 Å². The van der Waals surface area contributed by atoms with Crippen molar-refractivity contribution in [3.8, 4) is 0 Å². The van der Waals surface area contributed by atoms with Gasteiger partial charge >= 0.3 is 0 Å². The van der Waals surface area contributed by atoms with Crippen LogP contribution in [0.25, 0.3) is 0 Å². The maximum absolute atomic E-state index is 12.4. The van der Waals surface area contributed by atoms with E-state index >= 15 is 0 Å². The normalized spacial score (nSPS) is 29.0. The molecule has 3 unspecified atom stereocenters. The second-order valence-electron chi connectivity index (χ2n) is 5.72. The van der Waals surface area contributed by atoms with Crippen LogP contribution in [0.5, 0.6) is 0 Å². The zero-order valence-electron chi connectivity index (χ0n) is 11.2. The summed E-state index contributed by atoms with van der Waals surface area (Å²) in [7, 11) is 0. The third-order valence-electron chi connectivity index (χ3n) is 4.37. The summed E-state index contributed by atoms with van der Waals surface area (Å²) < 4.78 is 0.852. The number of hydrogen-bond acceptors (Lipinski definition) is 2. The lowest BCUT2D eigenvalue weighted by atomic mass is 9.85. The lowest BCUT2D eigenvalue weighted by Crippen LogP contribution is -2.39. The van der Waals surface area contributed by atoms with E-state index in [9.17, 15) is 4.79 Å². The van der Waals surface area contributed by atoms with Crippen LogP contribution in [0.15, 0.2) is 22.7 Å². The highest BCUT2D eigenvalue weighted by atomic mass is 79.9. The van der Waals surface area contributed by atoms with Crippen LogP contribution in [-0.4, -0.2) is 18.0 Å². The Morgan fingerprint density at radius 2 is 2.15 bits per heavy atom. The summed E-state index contributed by atoms with van der Waals surface area (Å²) in [5, 5.41) is 7.08. The van der Waals surface area contributed by atoms with Gasteiger partial charge in [0.1, 0.15) is 0 Å². The van der Waals surface area contributed by atoms with Crippen molar-refractivity contribution in [3.63, 3.8) is 0 Å². The van der Waals surface area contributed by atoms with Crippen molar-refractivity contribution in [1.82, 2.24) is 5.32 Å². The monoisotopic (exact) mass is 356 g/mol. The van der Waals surface area contributed by atoms with Crippen LogP contribution < -0.4 is 10.6 Å². The van der Waals surface area contributed by atoms with Gasteiger partial charge in [0.2, 0.25) is 5.91 Å². The molecule has 3 rings (SSSR count). The first kappa shape index (κ1) is 14.4. The van der Waals surface area contributed by atoms with E-state index in [1.54, 1.807) is 12.1 Å². The number of hydrogen-bond donors (Lipinski definition) is 2. The molecule has 1 amide bonds. The molecule has 1 aromatic carbocycles. The second-order valence-corrected chi connectivity index (χ2v) is 7.01. The standard InChI is InChI=1S/C15H18BrClN2O/c16-11-6-5-10(17)8-13(11)19-15(20)14-7-9-3-1-2-4-12(9)18-14/h5-6,8-9,12,14,18H,1-4,7H2,(H,19,20). The van der Waals surface area contributed by atoms with Crippen LogP contribution in [0.3, 0.4) is 0 Å². The third kappa shape index (κ3) is 3.02. The number of nitrogens with one attached hydrogen (secondary N) is 2. The van der Waals surface area contributed by atoms with Gasteiger partial charge in [-0.1, -0.05) is 24.4 Å². The van der Waals surface area contributed by atoms with E-state index in [0.29, 0.717) is 17.0 Å². The van der Waals surface area contributed by atoms with E-state index in [2.05, 4.69) is 26.6 Å². The summed E-state index contributed by atoms with van der Waals surface area (Å²) in [6.07, 6.45) is 5.99. The van der Waals surface area contributed by atoms with Crippen LogP contribution in [0, 0.1) is 5.92 Å². The minimum Gasteiger partial charge on any atom is -0.324 e. The predicted octanol–water partition coefficient (Wildman–Crippen LogP) is 3.96. The Bertz CT molecular complexity index is 509. The number of carbonyl (C=O) groups is 1. The molecule has 5 heteroatoms. The van der Waals surface area contributed by atoms with Crippen molar-refractivity contribution in [2.24, 2.45) is 5.92 Å². The van der Waals surface area contributed by atoms with Crippen molar-refractivity contribution in [3.05, 3.63) is 27.7 Å². The Labute approximate surface area is 132 Å². The van der Waals surface area contributed by atoms with Crippen LogP contribution in [0.4, 0.5) is 5.69 Å². The van der Waals surface area contributed by atoms with Gasteiger partial charge in [0, 0.05) is 15.5 Å². The number of anilines is 1. The molecule has 0 spiro atoms. The Hall–Kier alpha value is -0.580. The molecule has 3 nitrogen and oxygen atoms in total. The molecule has 0 aromatic heterocycles. The first-order chi connectivity index (χ1) is 9.63. The number of amides is 1. The van der Waals surface area contributed by atoms with E-state index in [-0.39, 0.29) is 11.9 Å². The first-order valence-electron chi connectivity index (χ1n) is 7.15. The van der Waals surface area contributed by atoms with Crippen LogP contribution >= 0.6 is 27.5 Å². The lowest BCUT2D eigenvalue weighted by molar-refractivity contribution is -0.117. The van der Waals surface area contributed by atoms with Crippen molar-refractivity contribution in [2.75, 3.05) is 5.32 Å². The molecule has 1 heterocycles. The maximum atomic E-state index is 12.4. The minimum absolute atomic E-state index is 0.0439. The van der Waals surface area contributed by atoms with Crippen molar-refractivity contribution in [1.29, 1.82) is 0 Å². The molecule has 2 N–H and O–H groups in total. The van der Waals surface area contributed by atoms with E-state index in [4.69, 9.17) is 11.6 Å². The molecule has 0 radical (unpaired) electrons. The van der Waals surface area contributed by atoms with E-state index in [1.165, 1.54) is 25.7 Å². The fraction of sp³-hybridized carbons (Fsp3) is 0.533. The highest BCUT2D eigenvalue weighted by Crippen LogP contribution is 2.34. The quantitative estimate of drug-likeness (QED) is 0.841. The number of rotatable bonds is 2. The number of benzene rings is 1. The van der Waals surface area contributed by atoms with E-state index in [1.807, 2.05) is 6.07 Å². The molecular weight excluding hydrogens is 340 g/mol. The molecule has 108 valence electrons. The molecule has 2 fully saturated rings. The topological polar surface area (TPSA) is 41.1 Å². The average Bonchev–Trinajstić information content (AvgIpc) is 2.87. The zero-order valence-corrected chi connectivity index (χ0v) is 13.5. The minimum atomic E-state index is -0.0750. The van der Waals surface area contributed by atoms with Gasteiger partial charge in [-0.2, -0.15) is 0 Å². The predicted molar refractivity (Wildman–Crippen MR) is 85.1 cm³/mol. The Morgan fingerprint density at radius 3 is 2.95 bits per heavy atom. The van der Waals surface area contributed by atoms with Gasteiger partial charge < -0.3 is 10.6 Å². The Kier molecular flexibility index (Phi) is 4.34. The summed E-state index contributed by atoms with van der Waals surface area (Å²) in [5.74, 6) is 0.713. The van der Waals surface area contributed by atoms with Gasteiger partial charge in [-0.25, -0.2) is 0 Å². The molecule has 3 atom stereocenters. The molecule has 1 aromatic rings. The second kappa shape index (κ2) is 6.04. The third-order valence-corrected chi connectivity index (χ3v) is 5.29. The van der Waals surface area contributed by atoms with Crippen molar-refractivity contribution >= 4 is 39.1 Å². The highest BCUT2D eigenvalue weighted by Gasteiger charge is 2.38. The molecular formula is C15H18BrClN2O. The molecule has 20 heavy (non-hydrogen) atoms. The summed E-state index contributed by atoms with van der Waals surface area (Å²) in [4.78, 5) is 12.4. The summed E-state index contributed by atoms with van der Waals surface area (Å²) in [6.45, 7) is 0. The number of carbonyl (C=O) groups excluding carboxylic acids is 1. The highest BCUT2D eigenvalue weighted by molar-refractivity contribution is 9.10. The van der Waals surface area contributed by atoms with E-state index in [0.717, 1.165) is 16.6 Å². The summed E-state index contributed by atoms with van der Waals surface area (Å²) in [6, 6.07) is 5.87. The van der Waals surface area contributed by atoms with Crippen LogP contribution in [-0.2, 0) is 4.79 Å². The number of halogens is 2. The van der Waals surface area contributed by atoms with Gasteiger partial charge in [-0.15, -0.1) is 0 Å². The summed E-state index contributed by atoms with van der Waals surface area (Å²) in [5.41, 5.74) is 0.735. The van der Waals surface area contributed by atoms with Crippen LogP contribution in [0.1, 0.15) is 32.1 Å². The van der Waals surface area contributed by atoms with Crippen molar-refractivity contribution < 1.29 is 4.79 Å². The van der Waals surface area contributed by atoms with Gasteiger partial charge in [-0.3, -0.25) is 4.79 Å². The first-order valence-corrected chi connectivity index (χ1v) is 8.32. The molecule has 1 saturated heterocycles. The van der Waals surface area contributed by atoms with E-state index < -0.39 is 0 Å². The van der Waals surface area contributed by atoms with Gasteiger partial charge in [0.25, 0.3) is 0 Å². The zero-order chi connectivity index (χ0) is 14.1. The molecule has 1 aliphatic carbocycles. The van der Waals surface area contributed by atoms with Gasteiger partial charge in [0.05, 0.1) is 11.7 Å². The fourth-order valence-electron chi connectivity index (χ4n) is 3.33. The number of fused-ring (bicyclic) bond motifs is 1. The fourth-order valence-corrected chi connectivity index (χ4v) is 3.85. The lowest BCUT2D eigenvalue weighted by Gasteiger charge is -2.24. The van der Waals surface area contributed by atoms with Crippen LogP contribution in [0.2, 0.25) is 5.02 Å². The van der Waals surface area contributed by atoms with Gasteiger partial charge in [0.15, 0.2) is 0 Å². The Morgan fingerprint density at radius 1 is 1.35 bits per heavy atom. The molecule has 1 aliphatic heterocycles. The summed E-state index contributed by atoms with van der Waals surface area (Å²) >= 11 is 9.41. The average molecular weight is 358 g/mol. The smallest absolute Gasteiger partial charge is 0.241 e. The van der Waals surface area contributed by atoms with Crippen molar-refractivity contribution in [2.45, 2.75) is 44.2 Å². The molecule has 1 saturated carbocycles.